The van der Waals surface area contributed by atoms with Crippen molar-refractivity contribution in [2.24, 2.45) is 0 Å². The van der Waals surface area contributed by atoms with Crippen molar-refractivity contribution in [2.45, 2.75) is 26.2 Å². The van der Waals surface area contributed by atoms with Gasteiger partial charge in [0.25, 0.3) is 0 Å². The lowest BCUT2D eigenvalue weighted by Crippen LogP contribution is -2.33. The normalized spacial score (nSPS) is 11.1. The van der Waals surface area contributed by atoms with Crippen LogP contribution in [0.15, 0.2) is 48.5 Å². The summed E-state index contributed by atoms with van der Waals surface area (Å²) in [7, 11) is -3.52. The van der Waals surface area contributed by atoms with E-state index in [-0.39, 0.29) is 18.9 Å². The van der Waals surface area contributed by atoms with Crippen LogP contribution in [0.2, 0.25) is 0 Å². The summed E-state index contributed by atoms with van der Waals surface area (Å²) in [4.78, 5) is 12.2. The van der Waals surface area contributed by atoms with E-state index in [2.05, 4.69) is 19.2 Å². The van der Waals surface area contributed by atoms with Crippen LogP contribution in [0.1, 0.15) is 37.3 Å². The van der Waals surface area contributed by atoms with Crippen LogP contribution in [0.3, 0.4) is 0 Å². The number of rotatable bonds is 7. The molecule has 0 saturated heterocycles. The standard InChI is InChI=1S/C20H23N3O3S/c1-15(2)17-7-9-19(10-8-17)23(27(3,25)26)12-11-20(24)22-18-6-4-5-16(13-18)14-21/h4-10,13,15H,11-12H2,1-3H3,(H,22,24). The Morgan fingerprint density at radius 1 is 1.19 bits per heavy atom. The van der Waals surface area contributed by atoms with Crippen LogP contribution in [0, 0.1) is 11.3 Å². The van der Waals surface area contributed by atoms with E-state index >= 15 is 0 Å². The molecule has 0 heterocycles. The number of hydrogen-bond donors (Lipinski definition) is 1. The molecule has 1 amide bonds. The Hall–Kier alpha value is -2.85. The van der Waals surface area contributed by atoms with E-state index in [1.54, 1.807) is 36.4 Å². The molecule has 0 aliphatic heterocycles. The molecule has 2 aromatic rings. The zero-order valence-corrected chi connectivity index (χ0v) is 16.5. The largest absolute Gasteiger partial charge is 0.326 e. The van der Waals surface area contributed by atoms with Crippen LogP contribution in [0.4, 0.5) is 11.4 Å². The van der Waals surface area contributed by atoms with Gasteiger partial charge in [-0.25, -0.2) is 8.42 Å². The van der Waals surface area contributed by atoms with E-state index < -0.39 is 10.0 Å². The van der Waals surface area contributed by atoms with Gasteiger partial charge in [-0.15, -0.1) is 0 Å². The second-order valence-electron chi connectivity index (χ2n) is 6.57. The predicted octanol–water partition coefficient (Wildman–Crippen LogP) is 3.48. The van der Waals surface area contributed by atoms with Gasteiger partial charge in [0.15, 0.2) is 0 Å². The average Bonchev–Trinajstić information content (AvgIpc) is 2.61. The van der Waals surface area contributed by atoms with Gasteiger partial charge in [0.2, 0.25) is 15.9 Å². The van der Waals surface area contributed by atoms with Gasteiger partial charge in [0.05, 0.1) is 23.6 Å². The minimum absolute atomic E-state index is 0.00418. The molecule has 1 N–H and O–H groups in total. The first-order chi connectivity index (χ1) is 12.7. The van der Waals surface area contributed by atoms with Gasteiger partial charge in [0, 0.05) is 18.7 Å². The number of nitrogens with zero attached hydrogens (tertiary/aromatic N) is 2. The summed E-state index contributed by atoms with van der Waals surface area (Å²) in [5, 5.41) is 11.6. The van der Waals surface area contributed by atoms with Crippen LogP contribution in [-0.2, 0) is 14.8 Å². The fourth-order valence-electron chi connectivity index (χ4n) is 2.60. The third-order valence-electron chi connectivity index (χ3n) is 4.07. The zero-order valence-electron chi connectivity index (χ0n) is 15.6. The highest BCUT2D eigenvalue weighted by Crippen LogP contribution is 2.22. The first-order valence-corrected chi connectivity index (χ1v) is 10.4. The fraction of sp³-hybridized carbons (Fsp3) is 0.300. The van der Waals surface area contributed by atoms with Crippen molar-refractivity contribution >= 4 is 27.3 Å². The van der Waals surface area contributed by atoms with Gasteiger partial charge < -0.3 is 5.32 Å². The van der Waals surface area contributed by atoms with Crippen molar-refractivity contribution in [1.29, 1.82) is 5.26 Å². The van der Waals surface area contributed by atoms with Crippen molar-refractivity contribution in [3.05, 3.63) is 59.7 Å². The summed E-state index contributed by atoms with van der Waals surface area (Å²) in [5.41, 5.74) is 2.59. The maximum absolute atomic E-state index is 12.2. The number of sulfonamides is 1. The van der Waals surface area contributed by atoms with Crippen molar-refractivity contribution in [3.63, 3.8) is 0 Å². The molecule has 0 spiro atoms. The number of nitrogens with one attached hydrogen (secondary N) is 1. The second kappa shape index (κ2) is 8.69. The van der Waals surface area contributed by atoms with Crippen molar-refractivity contribution in [1.82, 2.24) is 0 Å². The fourth-order valence-corrected chi connectivity index (χ4v) is 3.53. The molecule has 0 aliphatic rings. The molecule has 7 heteroatoms. The molecule has 0 unspecified atom stereocenters. The first-order valence-electron chi connectivity index (χ1n) is 8.58. The molecular weight excluding hydrogens is 362 g/mol. The number of amides is 1. The summed E-state index contributed by atoms with van der Waals surface area (Å²) in [6, 6.07) is 15.9. The summed E-state index contributed by atoms with van der Waals surface area (Å²) >= 11 is 0. The summed E-state index contributed by atoms with van der Waals surface area (Å²) in [6.45, 7) is 4.16. The number of carbonyl (C=O) groups is 1. The molecule has 0 bridgehead atoms. The molecule has 0 fully saturated rings. The summed E-state index contributed by atoms with van der Waals surface area (Å²) < 4.78 is 25.6. The Labute approximate surface area is 160 Å². The minimum atomic E-state index is -3.52. The second-order valence-corrected chi connectivity index (χ2v) is 8.48. The molecule has 0 atom stereocenters. The van der Waals surface area contributed by atoms with Gasteiger partial charge in [0.1, 0.15) is 0 Å². The summed E-state index contributed by atoms with van der Waals surface area (Å²) in [6.07, 6.45) is 1.12. The lowest BCUT2D eigenvalue weighted by molar-refractivity contribution is -0.116. The number of anilines is 2. The Kier molecular flexibility index (Phi) is 6.59. The first kappa shape index (κ1) is 20.5. The van der Waals surface area contributed by atoms with Crippen LogP contribution in [0.25, 0.3) is 0 Å². The minimum Gasteiger partial charge on any atom is -0.326 e. The average molecular weight is 385 g/mol. The Bertz CT molecular complexity index is 945. The van der Waals surface area contributed by atoms with Gasteiger partial charge in [-0.3, -0.25) is 9.10 Å². The third kappa shape index (κ3) is 5.83. The molecule has 0 radical (unpaired) electrons. The SMILES string of the molecule is CC(C)c1ccc(N(CCC(=O)Nc2cccc(C#N)c2)S(C)(=O)=O)cc1. The van der Waals surface area contributed by atoms with E-state index in [1.165, 1.54) is 4.31 Å². The van der Waals surface area contributed by atoms with Gasteiger partial charge in [-0.2, -0.15) is 5.26 Å². The third-order valence-corrected chi connectivity index (χ3v) is 5.26. The highest BCUT2D eigenvalue weighted by Gasteiger charge is 2.19. The smallest absolute Gasteiger partial charge is 0.232 e. The highest BCUT2D eigenvalue weighted by molar-refractivity contribution is 7.92. The topological polar surface area (TPSA) is 90.3 Å². The maximum atomic E-state index is 12.2. The maximum Gasteiger partial charge on any atom is 0.232 e. The van der Waals surface area contributed by atoms with Gasteiger partial charge >= 0.3 is 0 Å². The van der Waals surface area contributed by atoms with E-state index in [1.807, 2.05) is 18.2 Å². The van der Waals surface area contributed by atoms with Crippen molar-refractivity contribution in [3.8, 4) is 6.07 Å². The highest BCUT2D eigenvalue weighted by atomic mass is 32.2. The lowest BCUT2D eigenvalue weighted by atomic mass is 10.0. The van der Waals surface area contributed by atoms with Crippen LogP contribution < -0.4 is 9.62 Å². The molecular formula is C20H23N3O3S. The van der Waals surface area contributed by atoms with Crippen LogP contribution >= 0.6 is 0 Å². The van der Waals surface area contributed by atoms with Crippen LogP contribution in [0.5, 0.6) is 0 Å². The van der Waals surface area contributed by atoms with E-state index in [4.69, 9.17) is 5.26 Å². The molecule has 2 aromatic carbocycles. The van der Waals surface area contributed by atoms with Gasteiger partial charge in [-0.05, 0) is 41.8 Å². The molecule has 2 rings (SSSR count). The lowest BCUT2D eigenvalue weighted by Gasteiger charge is -2.22. The number of hydrogen-bond acceptors (Lipinski definition) is 4. The molecule has 0 saturated carbocycles. The quantitative estimate of drug-likeness (QED) is 0.790. The Balaban J connectivity index is 2.08. The van der Waals surface area contributed by atoms with Crippen LogP contribution in [-0.4, -0.2) is 27.1 Å². The molecule has 27 heavy (non-hydrogen) atoms. The van der Waals surface area contributed by atoms with Crippen molar-refractivity contribution in [2.75, 3.05) is 22.4 Å². The number of carbonyl (C=O) groups excluding carboxylic acids is 1. The van der Waals surface area contributed by atoms with E-state index in [9.17, 15) is 13.2 Å². The zero-order chi connectivity index (χ0) is 20.0. The van der Waals surface area contributed by atoms with E-state index in [0.717, 1.165) is 11.8 Å². The molecule has 0 aliphatic carbocycles. The van der Waals surface area contributed by atoms with Crippen molar-refractivity contribution < 1.29 is 13.2 Å². The monoisotopic (exact) mass is 385 g/mol. The summed E-state index contributed by atoms with van der Waals surface area (Å²) in [5.74, 6) is 0.0261. The number of nitriles is 1. The molecule has 6 nitrogen and oxygen atoms in total. The Morgan fingerprint density at radius 3 is 2.41 bits per heavy atom. The molecule has 142 valence electrons. The van der Waals surface area contributed by atoms with Gasteiger partial charge in [-0.1, -0.05) is 32.0 Å². The molecule has 0 aromatic heterocycles. The Morgan fingerprint density at radius 2 is 1.85 bits per heavy atom. The predicted molar refractivity (Wildman–Crippen MR) is 107 cm³/mol. The van der Waals surface area contributed by atoms with E-state index in [0.29, 0.717) is 22.9 Å². The number of benzene rings is 2.